The third kappa shape index (κ3) is 3.08. The van der Waals surface area contributed by atoms with Gasteiger partial charge in [-0.3, -0.25) is 0 Å². The number of hydrogen-bond donors (Lipinski definition) is 0. The molecule has 16 heavy (non-hydrogen) atoms. The molecule has 1 rings (SSSR count). The fraction of sp³-hybridized carbons (Fsp3) is 0.200. The van der Waals surface area contributed by atoms with Crippen molar-refractivity contribution in [2.75, 3.05) is 7.11 Å². The third-order valence-corrected chi connectivity index (χ3v) is 1.64. The maximum absolute atomic E-state index is 12.4. The summed E-state index contributed by atoms with van der Waals surface area (Å²) in [4.78, 5) is 14.1. The molecule has 0 heterocycles. The van der Waals surface area contributed by atoms with Crippen molar-refractivity contribution >= 4 is 17.4 Å². The molecule has 0 bridgehead atoms. The molecule has 0 unspecified atom stereocenters. The Balaban J connectivity index is 3.12. The molecule has 6 heteroatoms. The van der Waals surface area contributed by atoms with Gasteiger partial charge in [0, 0.05) is 0 Å². The largest absolute Gasteiger partial charge is 0.464 e. The summed E-state index contributed by atoms with van der Waals surface area (Å²) in [6.07, 6.45) is -4.83. The minimum absolute atomic E-state index is 0.0419. The quantitative estimate of drug-likeness (QED) is 0.579. The lowest BCUT2D eigenvalue weighted by molar-refractivity contribution is -0.137. The first-order valence-electron chi connectivity index (χ1n) is 4.24. The smallest absolute Gasteiger partial charge is 0.440 e. The second kappa shape index (κ2) is 4.78. The van der Waals surface area contributed by atoms with Crippen LogP contribution in [0.2, 0.25) is 0 Å². The van der Waals surface area contributed by atoms with E-state index in [9.17, 15) is 18.0 Å². The number of aliphatic imine (C=N–C) groups is 1. The van der Waals surface area contributed by atoms with Crippen molar-refractivity contribution in [1.29, 1.82) is 0 Å². The molecule has 0 atom stereocenters. The fourth-order valence-corrected chi connectivity index (χ4v) is 0.953. The molecule has 0 radical (unpaired) electrons. The van der Waals surface area contributed by atoms with Crippen molar-refractivity contribution in [2.45, 2.75) is 6.18 Å². The highest BCUT2D eigenvalue weighted by Crippen LogP contribution is 2.22. The van der Waals surface area contributed by atoms with Crippen molar-refractivity contribution < 1.29 is 22.7 Å². The van der Waals surface area contributed by atoms with Crippen molar-refractivity contribution in [3.8, 4) is 0 Å². The predicted octanol–water partition coefficient (Wildman–Crippen LogP) is 2.49. The van der Waals surface area contributed by atoms with Gasteiger partial charge in [-0.1, -0.05) is 18.2 Å². The first-order valence-corrected chi connectivity index (χ1v) is 4.24. The highest BCUT2D eigenvalue weighted by molar-refractivity contribution is 6.39. The van der Waals surface area contributed by atoms with E-state index in [1.165, 1.54) is 24.3 Å². The van der Waals surface area contributed by atoms with E-state index in [4.69, 9.17) is 0 Å². The fourth-order valence-electron chi connectivity index (χ4n) is 0.953. The Bertz CT molecular complexity index is 398. The van der Waals surface area contributed by atoms with Crippen molar-refractivity contribution in [1.82, 2.24) is 0 Å². The van der Waals surface area contributed by atoms with Crippen LogP contribution >= 0.6 is 0 Å². The summed E-state index contributed by atoms with van der Waals surface area (Å²) in [6.45, 7) is 0. The van der Waals surface area contributed by atoms with E-state index in [0.717, 1.165) is 7.11 Å². The monoisotopic (exact) mass is 231 g/mol. The molecular weight excluding hydrogens is 223 g/mol. The van der Waals surface area contributed by atoms with Crippen LogP contribution in [0.15, 0.2) is 35.3 Å². The summed E-state index contributed by atoms with van der Waals surface area (Å²) in [7, 11) is 0.870. The molecule has 86 valence electrons. The van der Waals surface area contributed by atoms with Crippen LogP contribution in [0.3, 0.4) is 0 Å². The summed E-state index contributed by atoms with van der Waals surface area (Å²) in [5.74, 6) is -1.50. The molecular formula is C10H8F3NO2. The molecule has 0 saturated heterocycles. The van der Waals surface area contributed by atoms with Crippen LogP contribution in [-0.2, 0) is 9.53 Å². The Kier molecular flexibility index (Phi) is 3.65. The van der Waals surface area contributed by atoms with Gasteiger partial charge in [0.2, 0.25) is 5.71 Å². The van der Waals surface area contributed by atoms with E-state index >= 15 is 0 Å². The van der Waals surface area contributed by atoms with Gasteiger partial charge in [0.1, 0.15) is 0 Å². The molecule has 0 saturated carbocycles. The SMILES string of the molecule is COC(=O)C(=Nc1ccccc1)C(F)(F)F. The molecule has 0 spiro atoms. The standard InChI is InChI=1S/C10H8F3NO2/c1-16-9(15)8(10(11,12)13)14-7-5-3-2-4-6-7/h2-6H,1H3. The van der Waals surface area contributed by atoms with Gasteiger partial charge in [-0.25, -0.2) is 9.79 Å². The number of hydrogen-bond acceptors (Lipinski definition) is 3. The van der Waals surface area contributed by atoms with Crippen molar-refractivity contribution in [3.05, 3.63) is 30.3 Å². The zero-order chi connectivity index (χ0) is 12.2. The maximum Gasteiger partial charge on any atom is 0.440 e. The summed E-state index contributed by atoms with van der Waals surface area (Å²) < 4.78 is 41.3. The number of carbonyl (C=O) groups is 1. The molecule has 1 aromatic rings. The van der Waals surface area contributed by atoms with Crippen LogP contribution in [0.1, 0.15) is 0 Å². The normalized spacial score (nSPS) is 12.4. The van der Waals surface area contributed by atoms with Gasteiger partial charge in [0.15, 0.2) is 0 Å². The number of halogens is 3. The van der Waals surface area contributed by atoms with Crippen LogP contribution in [0.5, 0.6) is 0 Å². The van der Waals surface area contributed by atoms with E-state index in [-0.39, 0.29) is 5.69 Å². The number of carbonyl (C=O) groups excluding carboxylic acids is 1. The minimum Gasteiger partial charge on any atom is -0.464 e. The number of esters is 1. The number of nitrogens with zero attached hydrogens (tertiary/aromatic N) is 1. The van der Waals surface area contributed by atoms with Gasteiger partial charge < -0.3 is 4.74 Å². The Labute approximate surface area is 89.6 Å². The molecule has 1 aromatic carbocycles. The second-order valence-electron chi connectivity index (χ2n) is 2.79. The van der Waals surface area contributed by atoms with Crippen LogP contribution in [0.4, 0.5) is 18.9 Å². The molecule has 0 aliphatic carbocycles. The van der Waals surface area contributed by atoms with Crippen molar-refractivity contribution in [3.63, 3.8) is 0 Å². The molecule has 0 fully saturated rings. The molecule has 0 aliphatic rings. The van der Waals surface area contributed by atoms with E-state index < -0.39 is 17.9 Å². The Morgan fingerprint density at radius 1 is 1.25 bits per heavy atom. The lowest BCUT2D eigenvalue weighted by Gasteiger charge is -2.07. The van der Waals surface area contributed by atoms with Gasteiger partial charge in [0.25, 0.3) is 0 Å². The Hall–Kier alpha value is -1.85. The Morgan fingerprint density at radius 2 is 1.81 bits per heavy atom. The lowest BCUT2D eigenvalue weighted by atomic mass is 10.3. The number of rotatable bonds is 2. The molecule has 0 aromatic heterocycles. The molecule has 3 nitrogen and oxygen atoms in total. The van der Waals surface area contributed by atoms with Crippen molar-refractivity contribution in [2.24, 2.45) is 4.99 Å². The number of methoxy groups -OCH3 is 1. The molecule has 0 amide bonds. The second-order valence-corrected chi connectivity index (χ2v) is 2.79. The minimum atomic E-state index is -4.83. The summed E-state index contributed by atoms with van der Waals surface area (Å²) in [5, 5.41) is 0. The third-order valence-electron chi connectivity index (χ3n) is 1.64. The summed E-state index contributed by atoms with van der Waals surface area (Å²) in [6, 6.07) is 7.38. The van der Waals surface area contributed by atoms with Crippen LogP contribution < -0.4 is 0 Å². The number of para-hydroxylation sites is 1. The lowest BCUT2D eigenvalue weighted by Crippen LogP contribution is -2.31. The number of alkyl halides is 3. The maximum atomic E-state index is 12.4. The van der Waals surface area contributed by atoms with Gasteiger partial charge in [-0.15, -0.1) is 0 Å². The molecule has 0 N–H and O–H groups in total. The zero-order valence-corrected chi connectivity index (χ0v) is 8.28. The predicted molar refractivity (Wildman–Crippen MR) is 51.6 cm³/mol. The number of benzene rings is 1. The van der Waals surface area contributed by atoms with Gasteiger partial charge >= 0.3 is 12.1 Å². The van der Waals surface area contributed by atoms with Crippen LogP contribution in [0, 0.1) is 0 Å². The van der Waals surface area contributed by atoms with E-state index in [2.05, 4.69) is 9.73 Å². The first-order chi connectivity index (χ1) is 7.45. The average molecular weight is 231 g/mol. The van der Waals surface area contributed by atoms with E-state index in [1.807, 2.05) is 0 Å². The average Bonchev–Trinajstić information content (AvgIpc) is 2.25. The summed E-state index contributed by atoms with van der Waals surface area (Å²) >= 11 is 0. The van der Waals surface area contributed by atoms with E-state index in [0.29, 0.717) is 0 Å². The Morgan fingerprint density at radius 3 is 2.25 bits per heavy atom. The van der Waals surface area contributed by atoms with Crippen LogP contribution in [0.25, 0.3) is 0 Å². The van der Waals surface area contributed by atoms with Crippen LogP contribution in [-0.4, -0.2) is 25.0 Å². The topological polar surface area (TPSA) is 38.7 Å². The highest BCUT2D eigenvalue weighted by Gasteiger charge is 2.41. The molecule has 0 aliphatic heterocycles. The van der Waals surface area contributed by atoms with Gasteiger partial charge in [0.05, 0.1) is 12.8 Å². The van der Waals surface area contributed by atoms with Gasteiger partial charge in [-0.05, 0) is 12.1 Å². The van der Waals surface area contributed by atoms with Gasteiger partial charge in [-0.2, -0.15) is 13.2 Å². The highest BCUT2D eigenvalue weighted by atomic mass is 19.4. The number of ether oxygens (including phenoxy) is 1. The zero-order valence-electron chi connectivity index (χ0n) is 8.28. The van der Waals surface area contributed by atoms with E-state index in [1.54, 1.807) is 6.07 Å². The first kappa shape index (κ1) is 12.2. The summed E-state index contributed by atoms with van der Waals surface area (Å²) in [5.41, 5.74) is -1.53.